The normalized spacial score (nSPS) is 18.7. The van der Waals surface area contributed by atoms with E-state index in [0.29, 0.717) is 37.7 Å². The lowest BCUT2D eigenvalue weighted by molar-refractivity contribution is -0.124. The number of hydrogen-bond donors (Lipinski definition) is 0. The Morgan fingerprint density at radius 3 is 2.08 bits per heavy atom. The fourth-order valence-electron chi connectivity index (χ4n) is 7.54. The minimum absolute atomic E-state index is 0.0691. The van der Waals surface area contributed by atoms with E-state index in [-0.39, 0.29) is 54.8 Å². The van der Waals surface area contributed by atoms with Crippen LogP contribution in [0.1, 0.15) is 78.5 Å². The first kappa shape index (κ1) is 34.4. The third-order valence-corrected chi connectivity index (χ3v) is 9.86. The Kier molecular flexibility index (Phi) is 10.8. The average molecular weight is 662 g/mol. The van der Waals surface area contributed by atoms with Crippen LogP contribution in [0.15, 0.2) is 91.0 Å². The maximum Gasteiger partial charge on any atom is 0.231 e. The smallest absolute Gasteiger partial charge is 0.231 e. The molecule has 0 unspecified atom stereocenters. The quantitative estimate of drug-likeness (QED) is 0.127. The molecule has 0 aromatic heterocycles. The number of aryl methyl sites for hydroxylation is 2. The summed E-state index contributed by atoms with van der Waals surface area (Å²) in [7, 11) is 0. The molecule has 2 aliphatic rings. The highest BCUT2D eigenvalue weighted by Crippen LogP contribution is 2.48. The molecule has 2 aliphatic heterocycles. The molecule has 7 heteroatoms. The Labute approximate surface area is 290 Å². The van der Waals surface area contributed by atoms with E-state index in [1.54, 1.807) is 6.92 Å². The van der Waals surface area contributed by atoms with Crippen LogP contribution in [0.4, 0.5) is 0 Å². The molecule has 49 heavy (non-hydrogen) atoms. The van der Waals surface area contributed by atoms with Gasteiger partial charge in [-0.15, -0.1) is 0 Å². The van der Waals surface area contributed by atoms with Crippen LogP contribution in [-0.2, 0) is 14.3 Å². The lowest BCUT2D eigenvalue weighted by atomic mass is 9.80. The highest BCUT2D eigenvalue weighted by molar-refractivity contribution is 5.84. The van der Waals surface area contributed by atoms with Crippen molar-refractivity contribution in [1.29, 1.82) is 0 Å². The van der Waals surface area contributed by atoms with E-state index in [9.17, 15) is 9.59 Å². The average Bonchev–Trinajstić information content (AvgIpc) is 3.71. The van der Waals surface area contributed by atoms with Crippen LogP contribution in [0, 0.1) is 19.8 Å². The van der Waals surface area contributed by atoms with E-state index in [4.69, 9.17) is 18.9 Å². The molecule has 0 spiro atoms. The Bertz CT molecular complexity index is 1720. The lowest BCUT2D eigenvalue weighted by Gasteiger charge is -2.29. The molecule has 6 rings (SSSR count). The van der Waals surface area contributed by atoms with Gasteiger partial charge in [-0.2, -0.15) is 0 Å². The van der Waals surface area contributed by atoms with E-state index < -0.39 is 0 Å². The van der Waals surface area contributed by atoms with Crippen molar-refractivity contribution in [3.05, 3.63) is 124 Å². The van der Waals surface area contributed by atoms with Crippen LogP contribution >= 0.6 is 0 Å². The van der Waals surface area contributed by atoms with Crippen LogP contribution in [0.3, 0.4) is 0 Å². The number of fused-ring (bicyclic) bond motifs is 1. The van der Waals surface area contributed by atoms with E-state index >= 15 is 0 Å². The number of Topliss-reactive ketones (excluding diaryl/α,β-unsaturated/α-hetero) is 2. The van der Waals surface area contributed by atoms with E-state index in [0.717, 1.165) is 28.0 Å². The lowest BCUT2D eigenvalue weighted by Crippen LogP contribution is -2.33. The molecule has 0 bridgehead atoms. The molecule has 1 fully saturated rings. The first-order chi connectivity index (χ1) is 23.7. The van der Waals surface area contributed by atoms with E-state index in [1.807, 2.05) is 80.6 Å². The van der Waals surface area contributed by atoms with Gasteiger partial charge < -0.3 is 18.9 Å². The number of hydrogen-bond acceptors (Lipinski definition) is 7. The molecule has 0 radical (unpaired) electrons. The summed E-state index contributed by atoms with van der Waals surface area (Å²) in [5, 5.41) is 0. The van der Waals surface area contributed by atoms with Crippen molar-refractivity contribution >= 4 is 11.6 Å². The molecular formula is C42H47NO6. The Balaban J connectivity index is 1.30. The standard InChI is InChI=1S/C42H47NO6/c1-27(2)46-20-21-47-34-17-14-31(15-18-34)42-41(30(5)44)38(32-16-19-39-40(22-32)49-26-48-39)25-43(42)24-33(45)23-37(35-12-8-6-10-28(35)3)36-13-9-7-11-29(36)4/h6-19,22,27,37-38,41-42H,20-21,23-26H2,1-5H3/t38-,41-,42+/m1/s1. The second-order valence-electron chi connectivity index (χ2n) is 13.6. The number of likely N-dealkylation sites (tertiary alicyclic amines) is 1. The number of ether oxygens (including phenoxy) is 4. The van der Waals surface area contributed by atoms with Gasteiger partial charge in [0, 0.05) is 36.8 Å². The van der Waals surface area contributed by atoms with Crippen molar-refractivity contribution < 1.29 is 28.5 Å². The summed E-state index contributed by atoms with van der Waals surface area (Å²) in [5.41, 5.74) is 6.65. The van der Waals surface area contributed by atoms with Gasteiger partial charge in [0.1, 0.15) is 23.9 Å². The van der Waals surface area contributed by atoms with Crippen LogP contribution < -0.4 is 14.2 Å². The summed E-state index contributed by atoms with van der Waals surface area (Å²) < 4.78 is 22.8. The van der Waals surface area contributed by atoms with Crippen molar-refractivity contribution in [1.82, 2.24) is 4.90 Å². The molecule has 4 aromatic carbocycles. The highest BCUT2D eigenvalue weighted by atomic mass is 16.7. The largest absolute Gasteiger partial charge is 0.491 e. The zero-order chi connectivity index (χ0) is 34.5. The molecule has 256 valence electrons. The fraction of sp³-hybridized carbons (Fsp3) is 0.381. The van der Waals surface area contributed by atoms with Crippen molar-refractivity contribution in [3.63, 3.8) is 0 Å². The maximum absolute atomic E-state index is 14.3. The van der Waals surface area contributed by atoms with Crippen molar-refractivity contribution in [2.24, 2.45) is 5.92 Å². The SMILES string of the molecule is CC(=O)[C@@H]1[C@@H](c2ccc3c(c2)OCO3)CN(CC(=O)CC(c2ccccc2C)c2ccccc2C)[C@H]1c1ccc(OCCOC(C)C)cc1. The van der Waals surface area contributed by atoms with Gasteiger partial charge in [-0.1, -0.05) is 66.7 Å². The fourth-order valence-corrected chi connectivity index (χ4v) is 7.54. The number of nitrogens with zero attached hydrogens (tertiary/aromatic N) is 1. The molecular weight excluding hydrogens is 614 g/mol. The number of carbonyl (C=O) groups excluding carboxylic acids is 2. The summed E-state index contributed by atoms with van der Waals surface area (Å²) in [6.45, 7) is 11.8. The molecule has 1 saturated heterocycles. The number of rotatable bonds is 14. The third kappa shape index (κ3) is 7.90. The van der Waals surface area contributed by atoms with Gasteiger partial charge in [0.25, 0.3) is 0 Å². The summed E-state index contributed by atoms with van der Waals surface area (Å²) in [6.07, 6.45) is 0.510. The summed E-state index contributed by atoms with van der Waals surface area (Å²) >= 11 is 0. The first-order valence-corrected chi connectivity index (χ1v) is 17.3. The van der Waals surface area contributed by atoms with Crippen LogP contribution in [0.25, 0.3) is 0 Å². The molecule has 2 heterocycles. The number of benzene rings is 4. The predicted octanol–water partition coefficient (Wildman–Crippen LogP) is 7.97. The van der Waals surface area contributed by atoms with Gasteiger partial charge in [-0.3, -0.25) is 14.5 Å². The van der Waals surface area contributed by atoms with Gasteiger partial charge >= 0.3 is 0 Å². The molecule has 3 atom stereocenters. The molecule has 4 aromatic rings. The highest BCUT2D eigenvalue weighted by Gasteiger charge is 2.46. The van der Waals surface area contributed by atoms with E-state index in [2.05, 4.69) is 43.0 Å². The van der Waals surface area contributed by atoms with Crippen molar-refractivity contribution in [2.75, 3.05) is 33.1 Å². The van der Waals surface area contributed by atoms with Gasteiger partial charge in [0.05, 0.1) is 19.3 Å². The monoisotopic (exact) mass is 661 g/mol. The Morgan fingerprint density at radius 2 is 1.45 bits per heavy atom. The Morgan fingerprint density at radius 1 is 0.816 bits per heavy atom. The van der Waals surface area contributed by atoms with Gasteiger partial charge in [0.15, 0.2) is 11.5 Å². The first-order valence-electron chi connectivity index (χ1n) is 17.3. The molecule has 7 nitrogen and oxygen atoms in total. The summed E-state index contributed by atoms with van der Waals surface area (Å²) in [6, 6.07) is 30.3. The van der Waals surface area contributed by atoms with Gasteiger partial charge in [-0.25, -0.2) is 0 Å². The van der Waals surface area contributed by atoms with Crippen LogP contribution in [0.2, 0.25) is 0 Å². The van der Waals surface area contributed by atoms with E-state index in [1.165, 1.54) is 11.1 Å². The molecule has 0 aliphatic carbocycles. The van der Waals surface area contributed by atoms with Gasteiger partial charge in [-0.05, 0) is 92.3 Å². The van der Waals surface area contributed by atoms with Crippen molar-refractivity contribution in [3.8, 4) is 17.2 Å². The second kappa shape index (κ2) is 15.4. The zero-order valence-corrected chi connectivity index (χ0v) is 29.2. The number of ketones is 2. The minimum atomic E-state index is -0.358. The summed E-state index contributed by atoms with van der Waals surface area (Å²) in [5.74, 6) is 1.81. The van der Waals surface area contributed by atoms with Crippen LogP contribution in [0.5, 0.6) is 17.2 Å². The van der Waals surface area contributed by atoms with Gasteiger partial charge in [0.2, 0.25) is 6.79 Å². The van der Waals surface area contributed by atoms with Crippen LogP contribution in [-0.4, -0.2) is 55.7 Å². The third-order valence-electron chi connectivity index (χ3n) is 9.86. The maximum atomic E-state index is 14.3. The predicted molar refractivity (Wildman–Crippen MR) is 191 cm³/mol. The number of carbonyl (C=O) groups is 2. The second-order valence-corrected chi connectivity index (χ2v) is 13.6. The minimum Gasteiger partial charge on any atom is -0.491 e. The molecule has 0 amide bonds. The Hall–Kier alpha value is -4.46. The zero-order valence-electron chi connectivity index (χ0n) is 29.2. The molecule has 0 N–H and O–H groups in total. The topological polar surface area (TPSA) is 74.3 Å². The summed E-state index contributed by atoms with van der Waals surface area (Å²) in [4.78, 5) is 30.1. The molecule has 0 saturated carbocycles. The van der Waals surface area contributed by atoms with Crippen molar-refractivity contribution in [2.45, 2.75) is 65.0 Å².